The summed E-state index contributed by atoms with van der Waals surface area (Å²) < 4.78 is 17.8. The van der Waals surface area contributed by atoms with Gasteiger partial charge >= 0.3 is 6.09 Å². The second kappa shape index (κ2) is 6.02. The maximum Gasteiger partial charge on any atom is 0.407 e. The van der Waals surface area contributed by atoms with E-state index in [1.54, 1.807) is 0 Å². The zero-order valence-electron chi connectivity index (χ0n) is 11.3. The van der Waals surface area contributed by atoms with Crippen LogP contribution in [0.15, 0.2) is 0 Å². The topological polar surface area (TPSA) is 58.6 Å². The number of amides is 2. The van der Waals surface area contributed by atoms with Gasteiger partial charge in [-0.2, -0.15) is 0 Å². The number of rotatable bonds is 3. The van der Waals surface area contributed by atoms with E-state index in [0.29, 0.717) is 6.42 Å². The summed E-state index contributed by atoms with van der Waals surface area (Å²) in [7, 11) is 1.24. The predicted molar refractivity (Wildman–Crippen MR) is 64.9 cm³/mol. The fourth-order valence-electron chi connectivity index (χ4n) is 2.15. The Kier molecular flexibility index (Phi) is 4.93. The SMILES string of the molecule is COC(=O)N[C@H](C(=O)N1C[C@@H](F)CC1C)C(C)C. The van der Waals surface area contributed by atoms with Gasteiger partial charge in [-0.3, -0.25) is 4.79 Å². The van der Waals surface area contributed by atoms with Crippen molar-refractivity contribution in [3.05, 3.63) is 0 Å². The molecule has 0 aromatic carbocycles. The molecule has 0 bridgehead atoms. The highest BCUT2D eigenvalue weighted by molar-refractivity contribution is 5.86. The molecule has 1 aliphatic rings. The summed E-state index contributed by atoms with van der Waals surface area (Å²) in [5.41, 5.74) is 0. The molecule has 5 nitrogen and oxygen atoms in total. The van der Waals surface area contributed by atoms with Crippen LogP contribution in [0, 0.1) is 5.92 Å². The van der Waals surface area contributed by atoms with Crippen LogP contribution in [0.5, 0.6) is 0 Å². The Morgan fingerprint density at radius 2 is 2.06 bits per heavy atom. The molecule has 1 saturated heterocycles. The quantitative estimate of drug-likeness (QED) is 0.832. The number of nitrogens with one attached hydrogen (secondary N) is 1. The van der Waals surface area contributed by atoms with Crippen LogP contribution in [0.3, 0.4) is 0 Å². The predicted octanol–water partition coefficient (Wildman–Crippen LogP) is 1.33. The smallest absolute Gasteiger partial charge is 0.407 e. The summed E-state index contributed by atoms with van der Waals surface area (Å²) in [5.74, 6) is -0.328. The molecule has 0 aliphatic carbocycles. The number of carbonyl (C=O) groups is 2. The second-order valence-electron chi connectivity index (χ2n) is 5.03. The standard InChI is InChI=1S/C12H21FN2O3/c1-7(2)10(14-12(17)18-4)11(16)15-6-9(13)5-8(15)3/h7-10H,5-6H2,1-4H3,(H,14,17)/t8?,9-,10-/m0/s1. The number of carbonyl (C=O) groups excluding carboxylic acids is 2. The average molecular weight is 260 g/mol. The molecule has 18 heavy (non-hydrogen) atoms. The first-order chi connectivity index (χ1) is 8.36. The van der Waals surface area contributed by atoms with Gasteiger partial charge in [-0.1, -0.05) is 13.8 Å². The van der Waals surface area contributed by atoms with Gasteiger partial charge in [0.2, 0.25) is 5.91 Å². The van der Waals surface area contributed by atoms with Gasteiger partial charge in [0.25, 0.3) is 0 Å². The number of nitrogens with zero attached hydrogens (tertiary/aromatic N) is 1. The molecule has 1 aliphatic heterocycles. The third-order valence-electron chi connectivity index (χ3n) is 3.20. The van der Waals surface area contributed by atoms with E-state index >= 15 is 0 Å². The molecule has 0 aromatic heterocycles. The Balaban J connectivity index is 2.74. The molecule has 2 amide bonds. The summed E-state index contributed by atoms with van der Waals surface area (Å²) >= 11 is 0. The monoisotopic (exact) mass is 260 g/mol. The van der Waals surface area contributed by atoms with Gasteiger partial charge in [0.05, 0.1) is 13.7 Å². The molecule has 1 heterocycles. The van der Waals surface area contributed by atoms with Crippen molar-refractivity contribution in [3.8, 4) is 0 Å². The maximum absolute atomic E-state index is 13.3. The first-order valence-corrected chi connectivity index (χ1v) is 6.15. The van der Waals surface area contributed by atoms with Crippen LogP contribution in [0.2, 0.25) is 0 Å². The number of hydrogen-bond donors (Lipinski definition) is 1. The lowest BCUT2D eigenvalue weighted by Gasteiger charge is -2.28. The van der Waals surface area contributed by atoms with Gasteiger partial charge in [0, 0.05) is 12.5 Å². The zero-order chi connectivity index (χ0) is 13.9. The second-order valence-corrected chi connectivity index (χ2v) is 5.03. The van der Waals surface area contributed by atoms with Crippen molar-refractivity contribution in [1.29, 1.82) is 0 Å². The molecule has 6 heteroatoms. The minimum atomic E-state index is -0.977. The highest BCUT2D eigenvalue weighted by Crippen LogP contribution is 2.22. The lowest BCUT2D eigenvalue weighted by atomic mass is 10.0. The van der Waals surface area contributed by atoms with Gasteiger partial charge in [-0.25, -0.2) is 9.18 Å². The fraction of sp³-hybridized carbons (Fsp3) is 0.833. The third-order valence-corrected chi connectivity index (χ3v) is 3.20. The van der Waals surface area contributed by atoms with Crippen LogP contribution in [0.4, 0.5) is 9.18 Å². The van der Waals surface area contributed by atoms with E-state index in [4.69, 9.17) is 0 Å². The van der Waals surface area contributed by atoms with Crippen LogP contribution in [-0.2, 0) is 9.53 Å². The number of methoxy groups -OCH3 is 1. The van der Waals surface area contributed by atoms with Gasteiger partial charge < -0.3 is 15.0 Å². The minimum absolute atomic E-state index is 0.0811. The van der Waals surface area contributed by atoms with Gasteiger partial charge in [-0.05, 0) is 12.8 Å². The van der Waals surface area contributed by atoms with Crippen molar-refractivity contribution in [3.63, 3.8) is 0 Å². The Morgan fingerprint density at radius 3 is 2.44 bits per heavy atom. The lowest BCUT2D eigenvalue weighted by Crippen LogP contribution is -2.52. The van der Waals surface area contributed by atoms with Gasteiger partial charge in [0.1, 0.15) is 12.2 Å². The number of alkyl halides is 1. The Bertz CT molecular complexity index is 322. The van der Waals surface area contributed by atoms with Crippen molar-refractivity contribution >= 4 is 12.0 Å². The molecule has 1 N–H and O–H groups in total. The van der Waals surface area contributed by atoms with Crippen molar-refractivity contribution in [1.82, 2.24) is 10.2 Å². The van der Waals surface area contributed by atoms with E-state index < -0.39 is 18.3 Å². The minimum Gasteiger partial charge on any atom is -0.453 e. The fourth-order valence-corrected chi connectivity index (χ4v) is 2.15. The summed E-state index contributed by atoms with van der Waals surface area (Å²) in [6.45, 7) is 5.57. The lowest BCUT2D eigenvalue weighted by molar-refractivity contribution is -0.135. The Morgan fingerprint density at radius 1 is 1.44 bits per heavy atom. The average Bonchev–Trinajstić information content (AvgIpc) is 2.63. The molecule has 0 radical (unpaired) electrons. The molecule has 1 rings (SSSR count). The maximum atomic E-state index is 13.3. The van der Waals surface area contributed by atoms with Crippen LogP contribution >= 0.6 is 0 Å². The first-order valence-electron chi connectivity index (χ1n) is 6.15. The normalized spacial score (nSPS) is 25.1. The van der Waals surface area contributed by atoms with Crippen molar-refractivity contribution in [2.75, 3.05) is 13.7 Å². The van der Waals surface area contributed by atoms with E-state index in [9.17, 15) is 14.0 Å². The van der Waals surface area contributed by atoms with Gasteiger partial charge in [0.15, 0.2) is 0 Å². The number of hydrogen-bond acceptors (Lipinski definition) is 3. The van der Waals surface area contributed by atoms with Crippen molar-refractivity contribution < 1.29 is 18.7 Å². The van der Waals surface area contributed by atoms with E-state index in [1.165, 1.54) is 12.0 Å². The Hall–Kier alpha value is -1.33. The molecule has 3 atom stereocenters. The molecular weight excluding hydrogens is 239 g/mol. The van der Waals surface area contributed by atoms with E-state index in [-0.39, 0.29) is 24.4 Å². The first kappa shape index (κ1) is 14.7. The molecule has 0 saturated carbocycles. The highest BCUT2D eigenvalue weighted by Gasteiger charge is 2.37. The largest absolute Gasteiger partial charge is 0.453 e. The highest BCUT2D eigenvalue weighted by atomic mass is 19.1. The Labute approximate surface area is 107 Å². The van der Waals surface area contributed by atoms with Crippen molar-refractivity contribution in [2.24, 2.45) is 5.92 Å². The number of ether oxygens (including phenoxy) is 1. The zero-order valence-corrected chi connectivity index (χ0v) is 11.3. The number of likely N-dealkylation sites (tertiary alicyclic amines) is 1. The van der Waals surface area contributed by atoms with Crippen LogP contribution in [0.25, 0.3) is 0 Å². The van der Waals surface area contributed by atoms with E-state index in [0.717, 1.165) is 0 Å². The summed E-state index contributed by atoms with van der Waals surface area (Å²) in [4.78, 5) is 25.0. The number of alkyl carbamates (subject to hydrolysis) is 1. The molecule has 104 valence electrons. The number of halogens is 1. The summed E-state index contributed by atoms with van der Waals surface area (Å²) in [6, 6.07) is -0.807. The molecule has 0 aromatic rings. The van der Waals surface area contributed by atoms with Crippen LogP contribution < -0.4 is 5.32 Å². The molecular formula is C12H21FN2O3. The molecule has 1 unspecified atom stereocenters. The van der Waals surface area contributed by atoms with Crippen molar-refractivity contribution in [2.45, 2.75) is 45.4 Å². The van der Waals surface area contributed by atoms with Crippen LogP contribution in [0.1, 0.15) is 27.2 Å². The van der Waals surface area contributed by atoms with E-state index in [2.05, 4.69) is 10.1 Å². The van der Waals surface area contributed by atoms with Crippen LogP contribution in [-0.4, -0.2) is 48.8 Å². The summed E-state index contributed by atoms with van der Waals surface area (Å²) in [5, 5.41) is 2.50. The van der Waals surface area contributed by atoms with E-state index in [1.807, 2.05) is 20.8 Å². The molecule has 0 spiro atoms. The summed E-state index contributed by atoms with van der Waals surface area (Å²) in [6.07, 6.45) is -1.27. The molecule has 1 fully saturated rings. The van der Waals surface area contributed by atoms with Gasteiger partial charge in [-0.15, -0.1) is 0 Å². The third kappa shape index (κ3) is 3.34.